The molecule has 0 unspecified atom stereocenters. The number of hydrogen-bond donors (Lipinski definition) is 2. The first-order chi connectivity index (χ1) is 16.3. The van der Waals surface area contributed by atoms with E-state index in [1.807, 2.05) is 29.8 Å². The summed E-state index contributed by atoms with van der Waals surface area (Å²) in [6.07, 6.45) is 0.820. The number of carbonyl (C=O) groups excluding carboxylic acids is 1. The number of aryl methyl sites for hydroxylation is 1. The summed E-state index contributed by atoms with van der Waals surface area (Å²) in [6, 6.07) is 9.90. The Morgan fingerprint density at radius 1 is 1.29 bits per heavy atom. The normalized spacial score (nSPS) is 13.7. The van der Waals surface area contributed by atoms with Crippen LogP contribution in [-0.2, 0) is 13.0 Å². The van der Waals surface area contributed by atoms with E-state index in [4.69, 9.17) is 15.6 Å². The van der Waals surface area contributed by atoms with E-state index >= 15 is 0 Å². The van der Waals surface area contributed by atoms with Gasteiger partial charge in [0.25, 0.3) is 0 Å². The fraction of sp³-hybridized carbons (Fsp3) is 0.385. The van der Waals surface area contributed by atoms with Gasteiger partial charge in [-0.2, -0.15) is 5.10 Å². The number of nitrogens with two attached hydrogens (primary N) is 1. The van der Waals surface area contributed by atoms with Gasteiger partial charge in [0.1, 0.15) is 17.3 Å². The Hall–Kier alpha value is -3.39. The molecule has 1 aliphatic heterocycles. The number of primary amides is 1. The van der Waals surface area contributed by atoms with Crippen LogP contribution in [0.15, 0.2) is 36.4 Å². The van der Waals surface area contributed by atoms with E-state index in [0.29, 0.717) is 18.1 Å². The summed E-state index contributed by atoms with van der Waals surface area (Å²) >= 11 is 0. The van der Waals surface area contributed by atoms with E-state index in [-0.39, 0.29) is 5.69 Å². The lowest BCUT2D eigenvalue weighted by Crippen LogP contribution is -2.30. The molecule has 0 atom stereocenters. The summed E-state index contributed by atoms with van der Waals surface area (Å²) in [6.45, 7) is 11.6. The molecule has 0 fully saturated rings. The molecule has 3 N–H and O–H groups in total. The van der Waals surface area contributed by atoms with Crippen LogP contribution in [0.1, 0.15) is 37.6 Å². The van der Waals surface area contributed by atoms with E-state index < -0.39 is 11.8 Å². The zero-order valence-electron chi connectivity index (χ0n) is 20.2. The number of amides is 2. The number of anilines is 1. The quantitative estimate of drug-likeness (QED) is 0.520. The van der Waals surface area contributed by atoms with Crippen molar-refractivity contribution in [1.29, 1.82) is 0 Å². The summed E-state index contributed by atoms with van der Waals surface area (Å²) in [5.41, 5.74) is 10.7. The second kappa shape index (κ2) is 9.85. The van der Waals surface area contributed by atoms with Gasteiger partial charge in [-0.1, -0.05) is 39.0 Å². The first-order valence-electron chi connectivity index (χ1n) is 11.7. The number of fused-ring (bicyclic) bond motifs is 1. The Morgan fingerprint density at radius 2 is 2.09 bits per heavy atom. The van der Waals surface area contributed by atoms with E-state index in [0.717, 1.165) is 60.0 Å². The molecule has 7 nitrogen and oxygen atoms in total. The number of rotatable bonds is 7. The highest BCUT2D eigenvalue weighted by atomic mass is 19.1. The SMILES string of the molecule is CCN1CCc2nn(-c3c(C)cccc3OCC(C)C)c(-c3ccc(NC(N)=O)c(F)c3)c2C1. The average molecular weight is 466 g/mol. The van der Waals surface area contributed by atoms with Gasteiger partial charge in [-0.15, -0.1) is 0 Å². The first kappa shape index (κ1) is 23.8. The molecule has 0 saturated carbocycles. The Morgan fingerprint density at radius 3 is 2.76 bits per heavy atom. The lowest BCUT2D eigenvalue weighted by molar-refractivity contribution is 0.259. The third-order valence-corrected chi connectivity index (χ3v) is 6.05. The van der Waals surface area contributed by atoms with E-state index in [1.165, 1.54) is 12.1 Å². The number of halogens is 1. The van der Waals surface area contributed by atoms with Gasteiger partial charge in [-0.25, -0.2) is 13.9 Å². The fourth-order valence-electron chi connectivity index (χ4n) is 4.33. The van der Waals surface area contributed by atoms with Crippen molar-refractivity contribution in [2.75, 3.05) is 25.0 Å². The Labute approximate surface area is 199 Å². The van der Waals surface area contributed by atoms with Gasteiger partial charge in [0.2, 0.25) is 0 Å². The number of nitrogens with one attached hydrogen (secondary N) is 1. The van der Waals surface area contributed by atoms with E-state index in [1.54, 1.807) is 6.07 Å². The Balaban J connectivity index is 1.90. The lowest BCUT2D eigenvalue weighted by Gasteiger charge is -2.25. The highest BCUT2D eigenvalue weighted by Crippen LogP contribution is 2.37. The first-order valence-corrected chi connectivity index (χ1v) is 11.7. The number of aromatic nitrogens is 2. The second-order valence-corrected chi connectivity index (χ2v) is 9.11. The molecule has 0 radical (unpaired) electrons. The largest absolute Gasteiger partial charge is 0.491 e. The van der Waals surface area contributed by atoms with Crippen LogP contribution in [0.5, 0.6) is 5.75 Å². The Kier molecular flexibility index (Phi) is 6.88. The molecular weight excluding hydrogens is 433 g/mol. The maximum absolute atomic E-state index is 14.9. The highest BCUT2D eigenvalue weighted by Gasteiger charge is 2.28. The maximum atomic E-state index is 14.9. The summed E-state index contributed by atoms with van der Waals surface area (Å²) in [4.78, 5) is 13.6. The van der Waals surface area contributed by atoms with Crippen molar-refractivity contribution in [2.45, 2.75) is 40.7 Å². The smallest absolute Gasteiger partial charge is 0.316 e. The number of benzene rings is 2. The minimum absolute atomic E-state index is 0.0446. The molecule has 1 aromatic heterocycles. The van der Waals surface area contributed by atoms with Crippen molar-refractivity contribution < 1.29 is 13.9 Å². The highest BCUT2D eigenvalue weighted by molar-refractivity contribution is 5.88. The second-order valence-electron chi connectivity index (χ2n) is 9.11. The molecule has 0 saturated heterocycles. The van der Waals surface area contributed by atoms with Crippen LogP contribution in [-0.4, -0.2) is 40.4 Å². The molecule has 0 aliphatic carbocycles. The number of nitrogens with zero attached hydrogens (tertiary/aromatic N) is 3. The number of likely N-dealkylation sites (N-methyl/N-ethyl adjacent to an activating group) is 1. The minimum Gasteiger partial charge on any atom is -0.491 e. The third kappa shape index (κ3) is 4.77. The van der Waals surface area contributed by atoms with Gasteiger partial charge in [0.05, 0.1) is 23.7 Å². The molecule has 2 heterocycles. The topological polar surface area (TPSA) is 85.4 Å². The van der Waals surface area contributed by atoms with Crippen molar-refractivity contribution in [2.24, 2.45) is 11.7 Å². The van der Waals surface area contributed by atoms with E-state index in [9.17, 15) is 9.18 Å². The third-order valence-electron chi connectivity index (χ3n) is 6.05. The molecule has 2 aromatic carbocycles. The summed E-state index contributed by atoms with van der Waals surface area (Å²) in [5, 5.41) is 7.34. The summed E-state index contributed by atoms with van der Waals surface area (Å²) < 4.78 is 23.0. The molecule has 180 valence electrons. The number of urea groups is 1. The van der Waals surface area contributed by atoms with Gasteiger partial charge in [-0.05, 0) is 43.1 Å². The van der Waals surface area contributed by atoms with Gasteiger partial charge in [0.15, 0.2) is 0 Å². The molecular formula is C26H32FN5O2. The number of ether oxygens (including phenoxy) is 1. The molecule has 0 spiro atoms. The summed E-state index contributed by atoms with van der Waals surface area (Å²) in [5.74, 6) is 0.563. The van der Waals surface area contributed by atoms with Crippen molar-refractivity contribution in [3.63, 3.8) is 0 Å². The zero-order valence-corrected chi connectivity index (χ0v) is 20.2. The van der Waals surface area contributed by atoms with Gasteiger partial charge in [-0.3, -0.25) is 4.90 Å². The van der Waals surface area contributed by atoms with Gasteiger partial charge >= 0.3 is 6.03 Å². The van der Waals surface area contributed by atoms with Crippen LogP contribution in [0.3, 0.4) is 0 Å². The molecule has 4 rings (SSSR count). The van der Waals surface area contributed by atoms with Gasteiger partial charge in [0, 0.05) is 30.6 Å². The lowest BCUT2D eigenvalue weighted by atomic mass is 10.00. The van der Waals surface area contributed by atoms with Crippen LogP contribution in [0, 0.1) is 18.7 Å². The van der Waals surface area contributed by atoms with Crippen LogP contribution in [0.4, 0.5) is 14.9 Å². The predicted molar refractivity (Wildman–Crippen MR) is 132 cm³/mol. The van der Waals surface area contributed by atoms with Crippen LogP contribution in [0.2, 0.25) is 0 Å². The zero-order chi connectivity index (χ0) is 24.4. The van der Waals surface area contributed by atoms with Crippen molar-refractivity contribution >= 4 is 11.7 Å². The standard InChI is InChI=1S/C26H32FN5O2/c1-5-31-12-11-21-19(14-31)25(18-9-10-22(20(27)13-18)29-26(28)33)32(30-21)24-17(4)7-6-8-23(24)34-15-16(2)3/h6-10,13,16H,5,11-12,14-15H2,1-4H3,(H3,28,29,33). The van der Waals surface area contributed by atoms with E-state index in [2.05, 4.69) is 31.0 Å². The predicted octanol–water partition coefficient (Wildman–Crippen LogP) is 4.89. The van der Waals surface area contributed by atoms with Crippen molar-refractivity contribution in [3.8, 4) is 22.7 Å². The number of para-hydroxylation sites is 1. The van der Waals surface area contributed by atoms with Crippen molar-refractivity contribution in [3.05, 3.63) is 59.0 Å². The monoisotopic (exact) mass is 465 g/mol. The molecule has 3 aromatic rings. The molecule has 8 heteroatoms. The van der Waals surface area contributed by atoms with Gasteiger partial charge < -0.3 is 15.8 Å². The molecule has 34 heavy (non-hydrogen) atoms. The minimum atomic E-state index is -0.806. The average Bonchev–Trinajstić information content (AvgIpc) is 3.16. The van der Waals surface area contributed by atoms with Crippen LogP contribution >= 0.6 is 0 Å². The molecule has 0 bridgehead atoms. The van der Waals surface area contributed by atoms with Crippen LogP contribution in [0.25, 0.3) is 16.9 Å². The number of hydrogen-bond acceptors (Lipinski definition) is 4. The maximum Gasteiger partial charge on any atom is 0.316 e. The fourth-order valence-corrected chi connectivity index (χ4v) is 4.33. The molecule has 2 amide bonds. The molecule has 1 aliphatic rings. The van der Waals surface area contributed by atoms with Crippen molar-refractivity contribution in [1.82, 2.24) is 14.7 Å². The van der Waals surface area contributed by atoms with Crippen LogP contribution < -0.4 is 15.8 Å². The number of carbonyl (C=O) groups is 1. The Bertz CT molecular complexity index is 1200. The summed E-state index contributed by atoms with van der Waals surface area (Å²) in [7, 11) is 0.